The first-order valence-corrected chi connectivity index (χ1v) is 7.58. The monoisotopic (exact) mass is 322 g/mol. The Morgan fingerprint density at radius 1 is 1.17 bits per heavy atom. The molecule has 0 unspecified atom stereocenters. The second kappa shape index (κ2) is 8.26. The van der Waals surface area contributed by atoms with Crippen LogP contribution in [0, 0.1) is 0 Å². The molecule has 0 radical (unpaired) electrons. The number of hydrogen-bond acceptors (Lipinski definition) is 4. The molecule has 128 valence electrons. The van der Waals surface area contributed by atoms with Crippen molar-refractivity contribution in [1.82, 2.24) is 10.6 Å². The zero-order chi connectivity index (χ0) is 17.5. The highest BCUT2D eigenvalue weighted by Gasteiger charge is 2.14. The molecule has 1 aromatic carbocycles. The van der Waals surface area contributed by atoms with Crippen LogP contribution in [0.1, 0.15) is 34.6 Å². The van der Waals surface area contributed by atoms with Gasteiger partial charge >= 0.3 is 6.03 Å². The number of rotatable bonds is 5. The van der Waals surface area contributed by atoms with Gasteiger partial charge in [-0.15, -0.1) is 0 Å². The van der Waals surface area contributed by atoms with Gasteiger partial charge in [-0.25, -0.2) is 9.79 Å². The Kier molecular flexibility index (Phi) is 6.68. The van der Waals surface area contributed by atoms with Gasteiger partial charge < -0.3 is 20.5 Å². The average molecular weight is 322 g/mol. The molecular weight excluding hydrogens is 296 g/mol. The van der Waals surface area contributed by atoms with Crippen LogP contribution in [0.2, 0.25) is 0 Å². The molecule has 0 aliphatic heterocycles. The molecule has 0 spiro atoms. The summed E-state index contributed by atoms with van der Waals surface area (Å²) in [4.78, 5) is 15.9. The number of urea groups is 1. The molecule has 0 aliphatic rings. The lowest BCUT2D eigenvalue weighted by atomic mass is 10.1. The van der Waals surface area contributed by atoms with Crippen LogP contribution >= 0.6 is 0 Å². The topological polar surface area (TPSA) is 98.0 Å². The van der Waals surface area contributed by atoms with Crippen LogP contribution in [0.3, 0.4) is 0 Å². The van der Waals surface area contributed by atoms with Crippen molar-refractivity contribution in [3.63, 3.8) is 0 Å². The van der Waals surface area contributed by atoms with E-state index in [0.29, 0.717) is 30.4 Å². The second-order valence-electron chi connectivity index (χ2n) is 5.82. The third kappa shape index (κ3) is 6.90. The summed E-state index contributed by atoms with van der Waals surface area (Å²) >= 11 is 0. The molecule has 0 atom stereocenters. The second-order valence-corrected chi connectivity index (χ2v) is 5.82. The summed E-state index contributed by atoms with van der Waals surface area (Å²) in [5, 5.41) is 5.22. The fraction of sp³-hybridized carbons (Fsp3) is 0.500. The molecule has 23 heavy (non-hydrogen) atoms. The number of hydrogen-bond donors (Lipinski definition) is 3. The molecule has 0 fully saturated rings. The lowest BCUT2D eigenvalue weighted by Gasteiger charge is -2.20. The van der Waals surface area contributed by atoms with Crippen LogP contribution in [0.15, 0.2) is 23.2 Å². The highest BCUT2D eigenvalue weighted by molar-refractivity contribution is 5.96. The molecule has 0 saturated heterocycles. The molecule has 1 aromatic rings. The van der Waals surface area contributed by atoms with Gasteiger partial charge in [-0.05, 0) is 46.8 Å². The lowest BCUT2D eigenvalue weighted by molar-refractivity contribution is 0.236. The normalized spacial score (nSPS) is 11.8. The zero-order valence-corrected chi connectivity index (χ0v) is 14.4. The van der Waals surface area contributed by atoms with Gasteiger partial charge in [-0.1, -0.05) is 0 Å². The van der Waals surface area contributed by atoms with Crippen molar-refractivity contribution in [3.05, 3.63) is 18.2 Å². The van der Waals surface area contributed by atoms with E-state index in [1.165, 1.54) is 0 Å². The number of carbonyl (C=O) groups is 1. The van der Waals surface area contributed by atoms with Crippen LogP contribution in [0.25, 0.3) is 0 Å². The maximum absolute atomic E-state index is 11.7. The van der Waals surface area contributed by atoms with Crippen LogP contribution in [0.5, 0.6) is 11.5 Å². The number of benzene rings is 1. The smallest absolute Gasteiger partial charge is 0.321 e. The fourth-order valence-corrected chi connectivity index (χ4v) is 1.76. The highest BCUT2D eigenvalue weighted by Crippen LogP contribution is 2.31. The van der Waals surface area contributed by atoms with E-state index in [1.807, 2.05) is 34.6 Å². The van der Waals surface area contributed by atoms with Gasteiger partial charge in [-0.3, -0.25) is 5.32 Å². The van der Waals surface area contributed by atoms with E-state index in [0.717, 1.165) is 0 Å². The van der Waals surface area contributed by atoms with Gasteiger partial charge in [0.15, 0.2) is 11.5 Å². The van der Waals surface area contributed by atoms with Crippen molar-refractivity contribution < 1.29 is 14.3 Å². The number of carbonyl (C=O) groups excluding carboxylic acids is 1. The molecule has 4 N–H and O–H groups in total. The summed E-state index contributed by atoms with van der Waals surface area (Å²) in [6.07, 6.45) is 0. The minimum Gasteiger partial charge on any atom is -0.490 e. The Balaban J connectivity index is 2.85. The predicted molar refractivity (Wildman–Crippen MR) is 91.5 cm³/mol. The first-order chi connectivity index (χ1) is 10.7. The Hall–Kier alpha value is -2.44. The van der Waals surface area contributed by atoms with Crippen LogP contribution in [-0.2, 0) is 0 Å². The van der Waals surface area contributed by atoms with Crippen molar-refractivity contribution in [3.8, 4) is 11.5 Å². The predicted octanol–water partition coefficient (Wildman–Crippen LogP) is 2.53. The Labute approximate surface area is 137 Å². The number of nitrogens with two attached hydrogens (primary N) is 1. The van der Waals surface area contributed by atoms with Gasteiger partial charge in [0.1, 0.15) is 0 Å². The summed E-state index contributed by atoms with van der Waals surface area (Å²) in [6.45, 7) is 10.5. The first kappa shape index (κ1) is 18.6. The molecule has 0 aromatic heterocycles. The molecule has 7 heteroatoms. The van der Waals surface area contributed by atoms with Crippen molar-refractivity contribution in [1.29, 1.82) is 0 Å². The van der Waals surface area contributed by atoms with E-state index in [2.05, 4.69) is 15.6 Å². The minimum absolute atomic E-state index is 0.00152. The average Bonchev–Trinajstić information content (AvgIpc) is 2.39. The molecule has 7 nitrogen and oxygen atoms in total. The fourth-order valence-electron chi connectivity index (χ4n) is 1.76. The van der Waals surface area contributed by atoms with Gasteiger partial charge in [-0.2, -0.15) is 0 Å². The quantitative estimate of drug-likeness (QED) is 0.573. The van der Waals surface area contributed by atoms with Crippen molar-refractivity contribution in [2.75, 3.05) is 13.2 Å². The summed E-state index contributed by atoms with van der Waals surface area (Å²) in [6, 6.07) is 4.80. The summed E-state index contributed by atoms with van der Waals surface area (Å²) in [5.41, 5.74) is 5.96. The summed E-state index contributed by atoms with van der Waals surface area (Å²) < 4.78 is 11.0. The van der Waals surface area contributed by atoms with Crippen molar-refractivity contribution in [2.45, 2.75) is 40.2 Å². The van der Waals surface area contributed by atoms with E-state index in [-0.39, 0.29) is 11.5 Å². The molecule has 0 heterocycles. The first-order valence-electron chi connectivity index (χ1n) is 7.58. The zero-order valence-electron chi connectivity index (χ0n) is 14.4. The van der Waals surface area contributed by atoms with E-state index >= 15 is 0 Å². The van der Waals surface area contributed by atoms with Crippen molar-refractivity contribution in [2.24, 2.45) is 10.7 Å². The number of guanidine groups is 1. The number of nitrogens with one attached hydrogen (secondary N) is 2. The van der Waals surface area contributed by atoms with Crippen LogP contribution < -0.4 is 25.8 Å². The summed E-state index contributed by atoms with van der Waals surface area (Å²) in [5.74, 6) is 1.23. The Bertz CT molecular complexity index is 565. The van der Waals surface area contributed by atoms with Crippen LogP contribution in [-0.4, -0.2) is 30.7 Å². The number of ether oxygens (including phenoxy) is 2. The van der Waals surface area contributed by atoms with Gasteiger partial charge in [0.05, 0.1) is 18.9 Å². The maximum Gasteiger partial charge on any atom is 0.321 e. The van der Waals surface area contributed by atoms with Gasteiger partial charge in [0.2, 0.25) is 5.96 Å². The van der Waals surface area contributed by atoms with Gasteiger partial charge in [0, 0.05) is 11.6 Å². The maximum atomic E-state index is 11.7. The number of aliphatic imine (C=N–C) groups is 1. The number of nitrogens with zero attached hydrogens (tertiary/aromatic N) is 1. The largest absolute Gasteiger partial charge is 0.490 e. The molecule has 0 bridgehead atoms. The Morgan fingerprint density at radius 3 is 2.35 bits per heavy atom. The van der Waals surface area contributed by atoms with Gasteiger partial charge in [0.25, 0.3) is 0 Å². The minimum atomic E-state index is -0.408. The third-order valence-corrected chi connectivity index (χ3v) is 2.51. The van der Waals surface area contributed by atoms with E-state index < -0.39 is 6.03 Å². The molecular formula is C16H26N4O3. The van der Waals surface area contributed by atoms with Crippen LogP contribution in [0.4, 0.5) is 10.5 Å². The molecule has 1 rings (SSSR count). The number of amides is 2. The van der Waals surface area contributed by atoms with Crippen molar-refractivity contribution >= 4 is 17.7 Å². The molecule has 0 saturated carbocycles. The lowest BCUT2D eigenvalue weighted by Crippen LogP contribution is -2.50. The standard InChI is InChI=1S/C16H26N4O3/c1-6-22-12-9-8-11(10-13(12)23-7-2)18-14(17)19-15(21)20-16(3,4)5/h8-10H,6-7H2,1-5H3,(H4,17,18,19,20,21). The molecule has 0 aliphatic carbocycles. The summed E-state index contributed by atoms with van der Waals surface area (Å²) in [7, 11) is 0. The van der Waals surface area contributed by atoms with E-state index in [9.17, 15) is 4.79 Å². The SMILES string of the molecule is CCOc1ccc(N=C(N)NC(=O)NC(C)(C)C)cc1OCC. The third-order valence-electron chi connectivity index (χ3n) is 2.51. The highest BCUT2D eigenvalue weighted by atomic mass is 16.5. The molecule has 2 amide bonds. The van der Waals surface area contributed by atoms with E-state index in [4.69, 9.17) is 15.2 Å². The van der Waals surface area contributed by atoms with E-state index in [1.54, 1.807) is 18.2 Å². The Morgan fingerprint density at radius 2 is 1.78 bits per heavy atom.